The lowest BCUT2D eigenvalue weighted by Crippen LogP contribution is -2.39. The third-order valence-corrected chi connectivity index (χ3v) is 6.61. The van der Waals surface area contributed by atoms with Crippen molar-refractivity contribution in [2.24, 2.45) is 0 Å². The molecule has 1 aromatic heterocycles. The molecule has 0 spiro atoms. The molecule has 0 aliphatic heterocycles. The summed E-state index contributed by atoms with van der Waals surface area (Å²) in [5, 5.41) is 0.446. The highest BCUT2D eigenvalue weighted by atomic mass is 35.5. The lowest BCUT2D eigenvalue weighted by molar-refractivity contribution is -0.130. The molecular weight excluding hydrogens is 391 g/mol. The van der Waals surface area contributed by atoms with Crippen molar-refractivity contribution >= 4 is 50.5 Å². The van der Waals surface area contributed by atoms with E-state index in [2.05, 4.69) is 0 Å². The number of thiophene rings is 1. The van der Waals surface area contributed by atoms with E-state index in [9.17, 15) is 13.2 Å². The van der Waals surface area contributed by atoms with Crippen LogP contribution < -0.4 is 0 Å². The summed E-state index contributed by atoms with van der Waals surface area (Å²) in [7, 11) is -0.748. The summed E-state index contributed by atoms with van der Waals surface area (Å²) < 4.78 is 26.6. The van der Waals surface area contributed by atoms with E-state index in [0.29, 0.717) is 15.9 Å². The van der Waals surface area contributed by atoms with E-state index >= 15 is 0 Å². The van der Waals surface area contributed by atoms with Crippen molar-refractivity contribution in [1.29, 1.82) is 0 Å². The summed E-state index contributed by atoms with van der Waals surface area (Å²) in [6.07, 6.45) is 0. The molecule has 1 aromatic carbocycles. The Labute approximate surface area is 155 Å². The second kappa shape index (κ2) is 7.84. The van der Waals surface area contributed by atoms with E-state index in [0.717, 1.165) is 9.18 Å². The van der Waals surface area contributed by atoms with Crippen LogP contribution in [0.25, 0.3) is 0 Å². The fraction of sp³-hybridized carbons (Fsp3) is 0.267. The zero-order valence-corrected chi connectivity index (χ0v) is 16.2. The van der Waals surface area contributed by atoms with Crippen molar-refractivity contribution < 1.29 is 13.2 Å². The maximum atomic E-state index is 12.5. The van der Waals surface area contributed by atoms with Crippen LogP contribution in [0.5, 0.6) is 0 Å². The lowest BCUT2D eigenvalue weighted by Gasteiger charge is -2.21. The summed E-state index contributed by atoms with van der Waals surface area (Å²) in [4.78, 5) is 14.8. The maximum Gasteiger partial charge on any atom is 0.243 e. The minimum atomic E-state index is -3.74. The molecule has 1 heterocycles. The molecule has 0 aliphatic carbocycles. The van der Waals surface area contributed by atoms with Gasteiger partial charge in [-0.2, -0.15) is 4.31 Å². The summed E-state index contributed by atoms with van der Waals surface area (Å²) in [6, 6.07) is 9.42. The minimum Gasteiger partial charge on any atom is -0.339 e. The Hall–Kier alpha value is -1.12. The third kappa shape index (κ3) is 4.70. The van der Waals surface area contributed by atoms with E-state index in [1.807, 2.05) is 6.07 Å². The Bertz CT molecular complexity index is 819. The number of rotatable bonds is 6. The van der Waals surface area contributed by atoms with Gasteiger partial charge in [-0.05, 0) is 36.4 Å². The van der Waals surface area contributed by atoms with Crippen LogP contribution in [0.4, 0.5) is 0 Å². The van der Waals surface area contributed by atoms with Crippen LogP contribution in [0.3, 0.4) is 0 Å². The van der Waals surface area contributed by atoms with Crippen molar-refractivity contribution in [3.8, 4) is 0 Å². The monoisotopic (exact) mass is 406 g/mol. The molecule has 0 atom stereocenters. The minimum absolute atomic E-state index is 0.0925. The second-order valence-corrected chi connectivity index (χ2v) is 9.45. The number of amides is 1. The summed E-state index contributed by atoms with van der Waals surface area (Å²) in [5.41, 5.74) is 0. The van der Waals surface area contributed by atoms with Crippen molar-refractivity contribution in [3.05, 3.63) is 50.6 Å². The topological polar surface area (TPSA) is 57.7 Å². The first-order chi connectivity index (χ1) is 11.2. The summed E-state index contributed by atoms with van der Waals surface area (Å²) >= 11 is 13.0. The fourth-order valence-electron chi connectivity index (χ4n) is 1.94. The molecule has 9 heteroatoms. The molecule has 130 valence electrons. The standard InChI is InChI=1S/C15H16Cl2N2O3S2/c1-18(9-12-5-8-14(17)23-12)15(20)10-19(2)24(21,22)13-6-3-11(16)4-7-13/h3-8H,9-10H2,1-2H3. The number of halogens is 2. The SMILES string of the molecule is CN(Cc1ccc(Cl)s1)C(=O)CN(C)S(=O)(=O)c1ccc(Cl)cc1. The predicted molar refractivity (Wildman–Crippen MR) is 97.1 cm³/mol. The van der Waals surface area contributed by atoms with Gasteiger partial charge in [-0.25, -0.2) is 8.42 Å². The van der Waals surface area contributed by atoms with Gasteiger partial charge in [-0.1, -0.05) is 23.2 Å². The van der Waals surface area contributed by atoms with E-state index in [-0.39, 0.29) is 17.3 Å². The number of hydrogen-bond donors (Lipinski definition) is 0. The molecule has 0 bridgehead atoms. The maximum absolute atomic E-state index is 12.5. The van der Waals surface area contributed by atoms with Gasteiger partial charge < -0.3 is 4.90 Å². The fourth-order valence-corrected chi connectivity index (χ4v) is 4.33. The van der Waals surface area contributed by atoms with Crippen molar-refractivity contribution in [1.82, 2.24) is 9.21 Å². The van der Waals surface area contributed by atoms with Crippen molar-refractivity contribution in [2.75, 3.05) is 20.6 Å². The first-order valence-electron chi connectivity index (χ1n) is 6.90. The average Bonchev–Trinajstić information content (AvgIpc) is 2.92. The second-order valence-electron chi connectivity index (χ2n) is 5.17. The van der Waals surface area contributed by atoms with Gasteiger partial charge in [-0.3, -0.25) is 4.79 Å². The van der Waals surface area contributed by atoms with E-state index < -0.39 is 10.0 Å². The number of carbonyl (C=O) groups is 1. The zero-order chi connectivity index (χ0) is 17.9. The largest absolute Gasteiger partial charge is 0.339 e. The average molecular weight is 407 g/mol. The first kappa shape index (κ1) is 19.2. The lowest BCUT2D eigenvalue weighted by atomic mass is 10.4. The van der Waals surface area contributed by atoms with E-state index in [4.69, 9.17) is 23.2 Å². The molecule has 2 aromatic rings. The summed E-state index contributed by atoms with van der Waals surface area (Å²) in [5.74, 6) is -0.306. The van der Waals surface area contributed by atoms with Crippen molar-refractivity contribution in [2.45, 2.75) is 11.4 Å². The molecule has 5 nitrogen and oxygen atoms in total. The molecule has 0 unspecified atom stereocenters. The van der Waals surface area contributed by atoms with Crippen LogP contribution in [0.2, 0.25) is 9.36 Å². The highest BCUT2D eigenvalue weighted by molar-refractivity contribution is 7.89. The van der Waals surface area contributed by atoms with Crippen LogP contribution >= 0.6 is 34.5 Å². The number of benzene rings is 1. The van der Waals surface area contributed by atoms with Crippen molar-refractivity contribution in [3.63, 3.8) is 0 Å². The Morgan fingerprint density at radius 1 is 1.08 bits per heavy atom. The van der Waals surface area contributed by atoms with Crippen LogP contribution in [-0.2, 0) is 21.4 Å². The van der Waals surface area contributed by atoms with Crippen LogP contribution in [0, 0.1) is 0 Å². The van der Waals surface area contributed by atoms with Gasteiger partial charge in [0.15, 0.2) is 0 Å². The molecule has 0 saturated heterocycles. The van der Waals surface area contributed by atoms with E-state index in [1.54, 1.807) is 13.1 Å². The van der Waals surface area contributed by atoms with Gasteiger partial charge in [-0.15, -0.1) is 11.3 Å². The van der Waals surface area contributed by atoms with Crippen LogP contribution in [0.15, 0.2) is 41.3 Å². The molecule has 2 rings (SSSR count). The number of likely N-dealkylation sites (N-methyl/N-ethyl adjacent to an activating group) is 2. The van der Waals surface area contributed by atoms with Gasteiger partial charge in [0.2, 0.25) is 15.9 Å². The van der Waals surface area contributed by atoms with Gasteiger partial charge in [0, 0.05) is 24.0 Å². The predicted octanol–water partition coefficient (Wildman–Crippen LogP) is 3.33. The normalized spacial score (nSPS) is 11.7. The van der Waals surface area contributed by atoms with Gasteiger partial charge in [0.05, 0.1) is 22.3 Å². The zero-order valence-electron chi connectivity index (χ0n) is 13.1. The van der Waals surface area contributed by atoms with Gasteiger partial charge in [0.1, 0.15) is 0 Å². The van der Waals surface area contributed by atoms with Crippen LogP contribution in [-0.4, -0.2) is 44.2 Å². The molecule has 0 aliphatic rings. The first-order valence-corrected chi connectivity index (χ1v) is 9.91. The number of carbonyl (C=O) groups excluding carboxylic acids is 1. The Morgan fingerprint density at radius 2 is 1.71 bits per heavy atom. The van der Waals surface area contributed by atoms with Crippen LogP contribution in [0.1, 0.15) is 4.88 Å². The highest BCUT2D eigenvalue weighted by Gasteiger charge is 2.24. The number of sulfonamides is 1. The van der Waals surface area contributed by atoms with E-state index in [1.165, 1.54) is 47.5 Å². The molecule has 0 N–H and O–H groups in total. The molecule has 24 heavy (non-hydrogen) atoms. The summed E-state index contributed by atoms with van der Waals surface area (Å²) in [6.45, 7) is 0.131. The molecule has 0 fully saturated rings. The Balaban J connectivity index is 2.03. The quantitative estimate of drug-likeness (QED) is 0.738. The molecular formula is C15H16Cl2N2O3S2. The molecule has 0 saturated carbocycles. The molecule has 1 amide bonds. The number of hydrogen-bond acceptors (Lipinski definition) is 4. The smallest absolute Gasteiger partial charge is 0.243 e. The third-order valence-electron chi connectivity index (χ3n) is 3.33. The van der Waals surface area contributed by atoms with Gasteiger partial charge >= 0.3 is 0 Å². The Kier molecular flexibility index (Phi) is 6.28. The highest BCUT2D eigenvalue weighted by Crippen LogP contribution is 2.22. The molecule has 0 radical (unpaired) electrons. The Morgan fingerprint density at radius 3 is 2.25 bits per heavy atom. The van der Waals surface area contributed by atoms with Gasteiger partial charge in [0.25, 0.3) is 0 Å². The number of nitrogens with zero attached hydrogens (tertiary/aromatic N) is 2.